The number of hydrogen-bond donors (Lipinski definition) is 1. The Kier molecular flexibility index (Phi) is 2.83. The molecule has 1 aliphatic rings. The lowest BCUT2D eigenvalue weighted by molar-refractivity contribution is 0.0698. The fourth-order valence-corrected chi connectivity index (χ4v) is 2.45. The second-order valence-electron chi connectivity index (χ2n) is 5.58. The molecular weight excluding hydrogens is 272 g/mol. The van der Waals surface area contributed by atoms with Crippen LogP contribution in [0.1, 0.15) is 24.2 Å². The van der Waals surface area contributed by atoms with E-state index in [9.17, 15) is 14.7 Å². The predicted molar refractivity (Wildman–Crippen MR) is 76.6 cm³/mol. The van der Waals surface area contributed by atoms with Crippen LogP contribution in [-0.4, -0.2) is 34.3 Å². The van der Waals surface area contributed by atoms with Crippen molar-refractivity contribution in [3.63, 3.8) is 0 Å². The van der Waals surface area contributed by atoms with Crippen molar-refractivity contribution in [2.75, 3.05) is 11.4 Å². The third-order valence-electron chi connectivity index (χ3n) is 3.39. The number of anilines is 1. The molecule has 3 rings (SSSR count). The normalized spacial score (nSPS) is 17.0. The molecule has 2 aromatic rings. The van der Waals surface area contributed by atoms with Gasteiger partial charge in [-0.2, -0.15) is 0 Å². The summed E-state index contributed by atoms with van der Waals surface area (Å²) in [6.45, 7) is 4.08. The van der Waals surface area contributed by atoms with Gasteiger partial charge in [-0.15, -0.1) is 0 Å². The third-order valence-corrected chi connectivity index (χ3v) is 3.39. The average Bonchev–Trinajstić information content (AvgIpc) is 2.70. The maximum absolute atomic E-state index is 11.9. The molecular formula is C15H14N2O4. The highest BCUT2D eigenvalue weighted by molar-refractivity contribution is 6.04. The van der Waals surface area contributed by atoms with E-state index in [2.05, 4.69) is 4.98 Å². The van der Waals surface area contributed by atoms with Gasteiger partial charge in [0.2, 0.25) is 0 Å². The highest BCUT2D eigenvalue weighted by atomic mass is 16.6. The van der Waals surface area contributed by atoms with E-state index in [1.54, 1.807) is 18.2 Å². The molecule has 6 nitrogen and oxygen atoms in total. The van der Waals surface area contributed by atoms with Crippen LogP contribution < -0.4 is 4.90 Å². The molecule has 21 heavy (non-hydrogen) atoms. The van der Waals surface area contributed by atoms with Gasteiger partial charge in [-0.3, -0.25) is 9.88 Å². The number of aromatic nitrogens is 1. The van der Waals surface area contributed by atoms with Gasteiger partial charge in [0.05, 0.1) is 17.6 Å². The molecule has 1 aromatic carbocycles. The van der Waals surface area contributed by atoms with E-state index in [-0.39, 0.29) is 5.56 Å². The Balaban J connectivity index is 2.11. The number of carbonyl (C=O) groups is 2. The van der Waals surface area contributed by atoms with Crippen molar-refractivity contribution in [1.82, 2.24) is 4.98 Å². The zero-order valence-electron chi connectivity index (χ0n) is 11.7. The first-order valence-corrected chi connectivity index (χ1v) is 6.50. The van der Waals surface area contributed by atoms with Gasteiger partial charge >= 0.3 is 12.1 Å². The van der Waals surface area contributed by atoms with E-state index in [1.807, 2.05) is 13.8 Å². The summed E-state index contributed by atoms with van der Waals surface area (Å²) in [6.07, 6.45) is 1.03. The molecule has 1 aliphatic heterocycles. The van der Waals surface area contributed by atoms with Gasteiger partial charge in [0.25, 0.3) is 0 Å². The third kappa shape index (κ3) is 2.29. The minimum Gasteiger partial charge on any atom is -0.478 e. The summed E-state index contributed by atoms with van der Waals surface area (Å²) in [5.74, 6) is -1.02. The highest BCUT2D eigenvalue weighted by Gasteiger charge is 2.38. The van der Waals surface area contributed by atoms with Crippen molar-refractivity contribution in [3.05, 3.63) is 36.0 Å². The van der Waals surface area contributed by atoms with Crippen molar-refractivity contribution in [3.8, 4) is 0 Å². The predicted octanol–water partition coefficient (Wildman–Crippen LogP) is 2.67. The SMILES string of the molecule is CC1(C)CN(c2ccc3nccc(C(=O)O)c3c2)C(=O)O1. The minimum absolute atomic E-state index is 0.161. The van der Waals surface area contributed by atoms with Gasteiger partial charge in [-0.25, -0.2) is 9.59 Å². The first-order valence-electron chi connectivity index (χ1n) is 6.50. The largest absolute Gasteiger partial charge is 0.478 e. The van der Waals surface area contributed by atoms with E-state index in [1.165, 1.54) is 17.2 Å². The summed E-state index contributed by atoms with van der Waals surface area (Å²) in [4.78, 5) is 28.8. The summed E-state index contributed by atoms with van der Waals surface area (Å²) in [6, 6.07) is 6.55. The number of amides is 1. The van der Waals surface area contributed by atoms with Crippen molar-refractivity contribution in [2.24, 2.45) is 0 Å². The quantitative estimate of drug-likeness (QED) is 0.918. The van der Waals surface area contributed by atoms with Gasteiger partial charge in [-0.1, -0.05) is 0 Å². The van der Waals surface area contributed by atoms with Gasteiger partial charge in [0, 0.05) is 17.3 Å². The Morgan fingerprint density at radius 2 is 2.14 bits per heavy atom. The van der Waals surface area contributed by atoms with Crippen LogP contribution in [0.4, 0.5) is 10.5 Å². The Bertz CT molecular complexity index is 754. The van der Waals surface area contributed by atoms with Crippen LogP contribution in [0, 0.1) is 0 Å². The maximum atomic E-state index is 11.9. The number of fused-ring (bicyclic) bond motifs is 1. The molecule has 0 bridgehead atoms. The van der Waals surface area contributed by atoms with Gasteiger partial charge < -0.3 is 9.84 Å². The number of ether oxygens (including phenoxy) is 1. The number of hydrogen-bond acceptors (Lipinski definition) is 4. The van der Waals surface area contributed by atoms with Gasteiger partial charge in [0.1, 0.15) is 5.60 Å². The number of carbonyl (C=O) groups excluding carboxylic acids is 1. The minimum atomic E-state index is -1.02. The molecule has 1 saturated heterocycles. The Morgan fingerprint density at radius 1 is 1.38 bits per heavy atom. The molecule has 0 spiro atoms. The van der Waals surface area contributed by atoms with Crippen LogP contribution in [0.5, 0.6) is 0 Å². The maximum Gasteiger partial charge on any atom is 0.415 e. The number of cyclic esters (lactones) is 1. The Hall–Kier alpha value is -2.63. The number of carboxylic acids is 1. The first kappa shape index (κ1) is 13.4. The second-order valence-corrected chi connectivity index (χ2v) is 5.58. The molecule has 0 radical (unpaired) electrons. The smallest absolute Gasteiger partial charge is 0.415 e. The summed E-state index contributed by atoms with van der Waals surface area (Å²) >= 11 is 0. The van der Waals surface area contributed by atoms with E-state index >= 15 is 0 Å². The molecule has 6 heteroatoms. The number of rotatable bonds is 2. The lowest BCUT2D eigenvalue weighted by Crippen LogP contribution is -2.28. The highest BCUT2D eigenvalue weighted by Crippen LogP contribution is 2.30. The molecule has 108 valence electrons. The molecule has 0 aliphatic carbocycles. The zero-order chi connectivity index (χ0) is 15.2. The number of pyridine rings is 1. The summed E-state index contributed by atoms with van der Waals surface area (Å²) < 4.78 is 5.26. The van der Waals surface area contributed by atoms with Crippen molar-refractivity contribution >= 4 is 28.7 Å². The van der Waals surface area contributed by atoms with E-state index in [0.717, 1.165) is 0 Å². The van der Waals surface area contributed by atoms with Crippen LogP contribution in [-0.2, 0) is 4.74 Å². The van der Waals surface area contributed by atoms with Crippen LogP contribution >= 0.6 is 0 Å². The van der Waals surface area contributed by atoms with Crippen molar-refractivity contribution in [1.29, 1.82) is 0 Å². The summed E-state index contributed by atoms with van der Waals surface area (Å²) in [5, 5.41) is 9.74. The van der Waals surface area contributed by atoms with Gasteiger partial charge in [-0.05, 0) is 38.1 Å². The molecule has 0 unspecified atom stereocenters. The first-order chi connectivity index (χ1) is 9.87. The number of nitrogens with zero attached hydrogens (tertiary/aromatic N) is 2. The Labute approximate surface area is 121 Å². The second kappa shape index (κ2) is 4.44. The standard InChI is InChI=1S/C15H14N2O4/c1-15(2)8-17(14(20)21-15)9-3-4-12-11(7-9)10(13(18)19)5-6-16-12/h3-7H,8H2,1-2H3,(H,18,19). The van der Waals surface area contributed by atoms with E-state index in [4.69, 9.17) is 4.74 Å². The van der Waals surface area contributed by atoms with Gasteiger partial charge in [0.15, 0.2) is 0 Å². The molecule has 0 atom stereocenters. The molecule has 1 fully saturated rings. The molecule has 1 amide bonds. The van der Waals surface area contributed by atoms with Crippen molar-refractivity contribution < 1.29 is 19.4 Å². The molecule has 1 N–H and O–H groups in total. The van der Waals surface area contributed by atoms with Crippen LogP contribution in [0.15, 0.2) is 30.5 Å². The zero-order valence-corrected chi connectivity index (χ0v) is 11.7. The fraction of sp³-hybridized carbons (Fsp3) is 0.267. The lowest BCUT2D eigenvalue weighted by atomic mass is 10.1. The topological polar surface area (TPSA) is 79.7 Å². The summed E-state index contributed by atoms with van der Waals surface area (Å²) in [7, 11) is 0. The fourth-order valence-electron chi connectivity index (χ4n) is 2.45. The van der Waals surface area contributed by atoms with Crippen LogP contribution in [0.25, 0.3) is 10.9 Å². The lowest BCUT2D eigenvalue weighted by Gasteiger charge is -2.16. The molecule has 2 heterocycles. The van der Waals surface area contributed by atoms with E-state index < -0.39 is 17.7 Å². The van der Waals surface area contributed by atoms with E-state index in [0.29, 0.717) is 23.1 Å². The van der Waals surface area contributed by atoms with Crippen LogP contribution in [0.2, 0.25) is 0 Å². The number of aromatic carboxylic acids is 1. The number of carboxylic acid groups (broad SMARTS) is 1. The van der Waals surface area contributed by atoms with Crippen molar-refractivity contribution in [2.45, 2.75) is 19.4 Å². The van der Waals surface area contributed by atoms with Crippen LogP contribution in [0.3, 0.4) is 0 Å². The molecule has 1 aromatic heterocycles. The summed E-state index contributed by atoms with van der Waals surface area (Å²) in [5.41, 5.74) is 0.782. The Morgan fingerprint density at radius 3 is 2.76 bits per heavy atom. The monoisotopic (exact) mass is 286 g/mol. The molecule has 0 saturated carbocycles. The average molecular weight is 286 g/mol. The number of benzene rings is 1.